The van der Waals surface area contributed by atoms with Crippen LogP contribution in [0.4, 0.5) is 0 Å². The maximum absolute atomic E-state index is 12.1. The van der Waals surface area contributed by atoms with E-state index in [0.29, 0.717) is 19.4 Å². The first-order chi connectivity index (χ1) is 9.01. The molecule has 1 aromatic heterocycles. The molecule has 1 atom stereocenters. The highest BCUT2D eigenvalue weighted by Gasteiger charge is 2.36. The highest BCUT2D eigenvalue weighted by molar-refractivity contribution is 7.89. The molecule has 2 N–H and O–H groups in total. The van der Waals surface area contributed by atoms with E-state index < -0.39 is 10.0 Å². The fourth-order valence-corrected chi connectivity index (χ4v) is 3.73. The zero-order valence-corrected chi connectivity index (χ0v) is 12.2. The monoisotopic (exact) mass is 287 g/mol. The Bertz CT molecular complexity index is 494. The van der Waals surface area contributed by atoms with Crippen LogP contribution in [0.15, 0.2) is 17.3 Å². The van der Waals surface area contributed by atoms with E-state index >= 15 is 0 Å². The average Bonchev–Trinajstić information content (AvgIpc) is 2.93. The summed E-state index contributed by atoms with van der Waals surface area (Å²) in [7, 11) is -3.51. The number of rotatable bonds is 5. The summed E-state index contributed by atoms with van der Waals surface area (Å²) in [5.74, 6) is 0. The normalized spacial score (nSPS) is 23.4. The molecule has 19 heavy (non-hydrogen) atoms. The first kappa shape index (κ1) is 14.5. The summed E-state index contributed by atoms with van der Waals surface area (Å²) in [5.41, 5.74) is -0.195. The second kappa shape index (κ2) is 5.60. The van der Waals surface area contributed by atoms with E-state index in [4.69, 9.17) is 4.74 Å². The van der Waals surface area contributed by atoms with E-state index in [2.05, 4.69) is 28.8 Å². The Balaban J connectivity index is 2.07. The summed E-state index contributed by atoms with van der Waals surface area (Å²) in [5, 5.41) is 6.27. The Morgan fingerprint density at radius 1 is 1.53 bits per heavy atom. The number of aromatic amines is 1. The van der Waals surface area contributed by atoms with Gasteiger partial charge in [0.25, 0.3) is 10.0 Å². The third kappa shape index (κ3) is 3.16. The Kier molecular flexibility index (Phi) is 4.27. The molecular weight excluding hydrogens is 266 g/mol. The van der Waals surface area contributed by atoms with E-state index in [1.165, 1.54) is 12.3 Å². The molecule has 0 bridgehead atoms. The smallest absolute Gasteiger partial charge is 0.257 e. The van der Waals surface area contributed by atoms with Crippen LogP contribution in [-0.4, -0.2) is 36.9 Å². The predicted molar refractivity (Wildman–Crippen MR) is 71.2 cm³/mol. The van der Waals surface area contributed by atoms with Gasteiger partial charge in [0.15, 0.2) is 5.03 Å². The molecule has 0 saturated carbocycles. The van der Waals surface area contributed by atoms with Crippen molar-refractivity contribution < 1.29 is 13.2 Å². The zero-order chi connectivity index (χ0) is 13.9. The lowest BCUT2D eigenvalue weighted by atomic mass is 9.86. The molecule has 1 unspecified atom stereocenters. The lowest BCUT2D eigenvalue weighted by Gasteiger charge is -2.40. The minimum Gasteiger partial charge on any atom is -0.375 e. The number of nitrogens with one attached hydrogen (secondary N) is 2. The van der Waals surface area contributed by atoms with Crippen molar-refractivity contribution in [2.45, 2.75) is 56.2 Å². The lowest BCUT2D eigenvalue weighted by Crippen LogP contribution is -2.48. The molecule has 1 saturated heterocycles. The van der Waals surface area contributed by atoms with Crippen LogP contribution in [0.2, 0.25) is 0 Å². The van der Waals surface area contributed by atoms with Crippen LogP contribution < -0.4 is 4.72 Å². The van der Waals surface area contributed by atoms with Gasteiger partial charge in [-0.05, 0) is 31.7 Å². The second-order valence-corrected chi connectivity index (χ2v) is 6.65. The van der Waals surface area contributed by atoms with E-state index in [1.807, 2.05) is 0 Å². The molecule has 2 rings (SSSR count). The van der Waals surface area contributed by atoms with Gasteiger partial charge in [0, 0.05) is 12.6 Å². The standard InChI is InChI=1S/C12H21N3O3S/c1-3-12(4-2)9-10(6-8-18-12)15-19(16,17)11-5-7-13-14-11/h5,7,10,15H,3-4,6,8-9H2,1-2H3,(H,13,14). The van der Waals surface area contributed by atoms with Gasteiger partial charge in [-0.25, -0.2) is 13.1 Å². The second-order valence-electron chi connectivity index (χ2n) is 4.97. The minimum atomic E-state index is -3.51. The van der Waals surface area contributed by atoms with Gasteiger partial charge in [-0.15, -0.1) is 0 Å². The molecule has 0 radical (unpaired) electrons. The van der Waals surface area contributed by atoms with Crippen LogP contribution in [0.25, 0.3) is 0 Å². The summed E-state index contributed by atoms with van der Waals surface area (Å²) in [6.45, 7) is 4.75. The van der Waals surface area contributed by atoms with Gasteiger partial charge in [-0.3, -0.25) is 5.10 Å². The fraction of sp³-hybridized carbons (Fsp3) is 0.750. The van der Waals surface area contributed by atoms with E-state index in [9.17, 15) is 8.42 Å². The molecular formula is C12H21N3O3S. The SMILES string of the molecule is CCC1(CC)CC(NS(=O)(=O)c2ccn[nH]2)CCO1. The number of ether oxygens (including phenoxy) is 1. The molecule has 7 heteroatoms. The zero-order valence-electron chi connectivity index (χ0n) is 11.3. The van der Waals surface area contributed by atoms with Crippen LogP contribution >= 0.6 is 0 Å². The van der Waals surface area contributed by atoms with Gasteiger partial charge in [-0.1, -0.05) is 13.8 Å². The maximum atomic E-state index is 12.1. The third-order valence-electron chi connectivity index (χ3n) is 3.87. The lowest BCUT2D eigenvalue weighted by molar-refractivity contribution is -0.0905. The first-order valence-electron chi connectivity index (χ1n) is 6.67. The summed E-state index contributed by atoms with van der Waals surface area (Å²) in [4.78, 5) is 0. The van der Waals surface area contributed by atoms with Crippen molar-refractivity contribution >= 4 is 10.0 Å². The molecule has 1 aliphatic heterocycles. The van der Waals surface area contributed by atoms with Gasteiger partial charge in [0.2, 0.25) is 0 Å². The van der Waals surface area contributed by atoms with E-state index in [-0.39, 0.29) is 16.7 Å². The van der Waals surface area contributed by atoms with Crippen molar-refractivity contribution in [2.75, 3.05) is 6.61 Å². The van der Waals surface area contributed by atoms with Gasteiger partial charge in [0.1, 0.15) is 0 Å². The van der Waals surface area contributed by atoms with Gasteiger partial charge < -0.3 is 4.74 Å². The van der Waals surface area contributed by atoms with Crippen LogP contribution in [-0.2, 0) is 14.8 Å². The molecule has 6 nitrogen and oxygen atoms in total. The van der Waals surface area contributed by atoms with Crippen molar-refractivity contribution in [1.29, 1.82) is 0 Å². The average molecular weight is 287 g/mol. The van der Waals surface area contributed by atoms with Crippen LogP contribution in [0, 0.1) is 0 Å². The van der Waals surface area contributed by atoms with Crippen molar-refractivity contribution in [1.82, 2.24) is 14.9 Å². The molecule has 1 fully saturated rings. The quantitative estimate of drug-likeness (QED) is 0.858. The van der Waals surface area contributed by atoms with Crippen LogP contribution in [0.5, 0.6) is 0 Å². The number of H-pyrrole nitrogens is 1. The van der Waals surface area contributed by atoms with E-state index in [1.54, 1.807) is 0 Å². The van der Waals surface area contributed by atoms with Gasteiger partial charge in [0.05, 0.1) is 11.8 Å². The fourth-order valence-electron chi connectivity index (χ4n) is 2.55. The van der Waals surface area contributed by atoms with Gasteiger partial charge >= 0.3 is 0 Å². The number of sulfonamides is 1. The summed E-state index contributed by atoms with van der Waals surface area (Å²) in [6, 6.07) is 1.37. The first-order valence-corrected chi connectivity index (χ1v) is 8.15. The molecule has 0 spiro atoms. The Labute approximate surface area is 114 Å². The van der Waals surface area contributed by atoms with Gasteiger partial charge in [-0.2, -0.15) is 5.10 Å². The summed E-state index contributed by atoms with van der Waals surface area (Å²) in [6.07, 6.45) is 4.64. The number of hydrogen-bond acceptors (Lipinski definition) is 4. The topological polar surface area (TPSA) is 84.1 Å². The molecule has 1 aromatic rings. The Morgan fingerprint density at radius 2 is 2.26 bits per heavy atom. The Hall–Kier alpha value is -0.920. The highest BCUT2D eigenvalue weighted by Crippen LogP contribution is 2.31. The number of aromatic nitrogens is 2. The van der Waals surface area contributed by atoms with Crippen LogP contribution in [0.1, 0.15) is 39.5 Å². The molecule has 0 aliphatic carbocycles. The van der Waals surface area contributed by atoms with E-state index in [0.717, 1.165) is 12.8 Å². The number of nitrogens with zero attached hydrogens (tertiary/aromatic N) is 1. The number of hydrogen-bond donors (Lipinski definition) is 2. The largest absolute Gasteiger partial charge is 0.375 e. The van der Waals surface area contributed by atoms with Crippen molar-refractivity contribution in [3.05, 3.63) is 12.3 Å². The predicted octanol–water partition coefficient (Wildman–Crippen LogP) is 1.43. The summed E-state index contributed by atoms with van der Waals surface area (Å²) < 4.78 is 32.8. The molecule has 0 aromatic carbocycles. The molecule has 0 amide bonds. The maximum Gasteiger partial charge on any atom is 0.257 e. The summed E-state index contributed by atoms with van der Waals surface area (Å²) >= 11 is 0. The minimum absolute atomic E-state index is 0.0815. The Morgan fingerprint density at radius 3 is 2.84 bits per heavy atom. The molecule has 1 aliphatic rings. The molecule has 108 valence electrons. The van der Waals surface area contributed by atoms with Crippen molar-refractivity contribution in [3.63, 3.8) is 0 Å². The van der Waals surface area contributed by atoms with Crippen molar-refractivity contribution in [3.8, 4) is 0 Å². The highest BCUT2D eigenvalue weighted by atomic mass is 32.2. The third-order valence-corrected chi connectivity index (χ3v) is 5.32. The molecule has 2 heterocycles. The van der Waals surface area contributed by atoms with Crippen LogP contribution in [0.3, 0.4) is 0 Å². The van der Waals surface area contributed by atoms with Crippen molar-refractivity contribution in [2.24, 2.45) is 0 Å².